The van der Waals surface area contributed by atoms with Crippen molar-refractivity contribution >= 4 is 0 Å². The first-order valence-corrected chi connectivity index (χ1v) is 7.37. The van der Waals surface area contributed by atoms with E-state index in [2.05, 4.69) is 6.92 Å². The lowest BCUT2D eigenvalue weighted by atomic mass is 10.00. The Kier molecular flexibility index (Phi) is 8.16. The third-order valence-corrected chi connectivity index (χ3v) is 3.43. The molecule has 1 aromatic carbocycles. The minimum absolute atomic E-state index is 0.0706. The Hall–Kier alpha value is -1.19. The topological polar surface area (TPSA) is 40.5 Å². The lowest BCUT2D eigenvalue weighted by Crippen LogP contribution is -2.12. The molecular formula is C17H25FO2. The fourth-order valence-electron chi connectivity index (χ4n) is 2.12. The SMILES string of the molecule is CCCC[C@H](/C=C(\F)[C@@H](O)CCc1ccccc1)CO. The Bertz CT molecular complexity index is 389. The molecule has 2 atom stereocenters. The zero-order valence-corrected chi connectivity index (χ0v) is 12.1. The average Bonchev–Trinajstić information content (AvgIpc) is 2.49. The number of aliphatic hydroxyl groups is 2. The molecule has 0 spiro atoms. The highest BCUT2D eigenvalue weighted by Crippen LogP contribution is 2.17. The van der Waals surface area contributed by atoms with Crippen LogP contribution in [0.15, 0.2) is 42.2 Å². The number of unbranched alkanes of at least 4 members (excludes halogenated alkanes) is 1. The van der Waals surface area contributed by atoms with E-state index in [0.717, 1.165) is 24.8 Å². The molecule has 0 heterocycles. The van der Waals surface area contributed by atoms with Gasteiger partial charge in [0.25, 0.3) is 0 Å². The van der Waals surface area contributed by atoms with E-state index in [1.807, 2.05) is 30.3 Å². The van der Waals surface area contributed by atoms with Gasteiger partial charge >= 0.3 is 0 Å². The molecule has 1 rings (SSSR count). The van der Waals surface area contributed by atoms with Gasteiger partial charge in [0.1, 0.15) is 11.9 Å². The van der Waals surface area contributed by atoms with Crippen molar-refractivity contribution < 1.29 is 14.6 Å². The molecule has 112 valence electrons. The highest BCUT2D eigenvalue weighted by molar-refractivity contribution is 5.15. The quantitative estimate of drug-likeness (QED) is 0.725. The summed E-state index contributed by atoms with van der Waals surface area (Å²) in [6.07, 6.45) is 4.03. The van der Waals surface area contributed by atoms with Crippen LogP contribution in [0.25, 0.3) is 0 Å². The number of halogens is 1. The Morgan fingerprint density at radius 2 is 1.95 bits per heavy atom. The molecule has 0 radical (unpaired) electrons. The number of benzene rings is 1. The van der Waals surface area contributed by atoms with Gasteiger partial charge in [-0.25, -0.2) is 4.39 Å². The molecule has 1 aromatic rings. The fraction of sp³-hybridized carbons (Fsp3) is 0.529. The van der Waals surface area contributed by atoms with Crippen LogP contribution in [0.3, 0.4) is 0 Å². The van der Waals surface area contributed by atoms with E-state index < -0.39 is 11.9 Å². The Balaban J connectivity index is 2.46. The molecular weight excluding hydrogens is 255 g/mol. The smallest absolute Gasteiger partial charge is 0.125 e. The summed E-state index contributed by atoms with van der Waals surface area (Å²) >= 11 is 0. The lowest BCUT2D eigenvalue weighted by molar-refractivity contribution is 0.169. The number of hydrogen-bond donors (Lipinski definition) is 2. The minimum Gasteiger partial charge on any atom is -0.396 e. The van der Waals surface area contributed by atoms with Crippen LogP contribution in [0.5, 0.6) is 0 Å². The molecule has 0 aliphatic carbocycles. The molecule has 20 heavy (non-hydrogen) atoms. The van der Waals surface area contributed by atoms with Crippen LogP contribution >= 0.6 is 0 Å². The Morgan fingerprint density at radius 1 is 1.25 bits per heavy atom. The third-order valence-electron chi connectivity index (χ3n) is 3.43. The Labute approximate surface area is 121 Å². The molecule has 2 nitrogen and oxygen atoms in total. The standard InChI is InChI=1S/C17H25FO2/c1-2-3-7-15(13-19)12-16(18)17(20)11-10-14-8-5-4-6-9-14/h4-6,8-9,12,15,17,19-20H,2-3,7,10-11,13H2,1H3/b16-12-/t15-,17+/m1/s1. The van der Waals surface area contributed by atoms with Crippen molar-refractivity contribution in [1.29, 1.82) is 0 Å². The first-order chi connectivity index (χ1) is 9.67. The molecule has 0 aliphatic rings. The van der Waals surface area contributed by atoms with E-state index in [1.165, 1.54) is 6.08 Å². The van der Waals surface area contributed by atoms with Crippen molar-refractivity contribution in [2.45, 2.75) is 45.1 Å². The maximum Gasteiger partial charge on any atom is 0.125 e. The van der Waals surface area contributed by atoms with Gasteiger partial charge in [-0.3, -0.25) is 0 Å². The summed E-state index contributed by atoms with van der Waals surface area (Å²) < 4.78 is 13.9. The fourth-order valence-corrected chi connectivity index (χ4v) is 2.12. The monoisotopic (exact) mass is 280 g/mol. The van der Waals surface area contributed by atoms with E-state index in [0.29, 0.717) is 12.8 Å². The summed E-state index contributed by atoms with van der Waals surface area (Å²) in [7, 11) is 0. The lowest BCUT2D eigenvalue weighted by Gasteiger charge is -2.12. The zero-order chi connectivity index (χ0) is 14.8. The van der Waals surface area contributed by atoms with Gasteiger partial charge < -0.3 is 10.2 Å². The number of aliphatic hydroxyl groups excluding tert-OH is 2. The van der Waals surface area contributed by atoms with E-state index in [9.17, 15) is 14.6 Å². The van der Waals surface area contributed by atoms with Crippen LogP contribution < -0.4 is 0 Å². The van der Waals surface area contributed by atoms with Crippen LogP contribution in [0.4, 0.5) is 4.39 Å². The number of rotatable bonds is 9. The van der Waals surface area contributed by atoms with Gasteiger partial charge in [-0.15, -0.1) is 0 Å². The van der Waals surface area contributed by atoms with Crippen LogP contribution in [-0.2, 0) is 6.42 Å². The molecule has 0 aliphatic heterocycles. The second kappa shape index (κ2) is 9.67. The summed E-state index contributed by atoms with van der Waals surface area (Å²) in [4.78, 5) is 0. The molecule has 0 saturated heterocycles. The van der Waals surface area contributed by atoms with E-state index in [-0.39, 0.29) is 12.5 Å². The van der Waals surface area contributed by atoms with Crippen molar-refractivity contribution in [3.8, 4) is 0 Å². The molecule has 3 heteroatoms. The van der Waals surface area contributed by atoms with Gasteiger partial charge in [-0.1, -0.05) is 50.1 Å². The van der Waals surface area contributed by atoms with Crippen LogP contribution in [-0.4, -0.2) is 22.9 Å². The van der Waals surface area contributed by atoms with E-state index in [1.54, 1.807) is 0 Å². The first kappa shape index (κ1) is 16.9. The van der Waals surface area contributed by atoms with E-state index >= 15 is 0 Å². The maximum atomic E-state index is 13.9. The van der Waals surface area contributed by atoms with Crippen molar-refractivity contribution in [1.82, 2.24) is 0 Å². The predicted molar refractivity (Wildman–Crippen MR) is 80.1 cm³/mol. The number of hydrogen-bond acceptors (Lipinski definition) is 2. The van der Waals surface area contributed by atoms with Gasteiger partial charge in [-0.2, -0.15) is 0 Å². The summed E-state index contributed by atoms with van der Waals surface area (Å²) in [6.45, 7) is 1.99. The van der Waals surface area contributed by atoms with Gasteiger partial charge in [0.2, 0.25) is 0 Å². The maximum absolute atomic E-state index is 13.9. The predicted octanol–water partition coefficient (Wildman–Crippen LogP) is 3.63. The summed E-state index contributed by atoms with van der Waals surface area (Å²) in [6, 6.07) is 9.72. The molecule has 0 unspecified atom stereocenters. The molecule has 0 aromatic heterocycles. The highest BCUT2D eigenvalue weighted by Gasteiger charge is 2.13. The van der Waals surface area contributed by atoms with Crippen molar-refractivity contribution in [3.63, 3.8) is 0 Å². The molecule has 0 fully saturated rings. The molecule has 0 bridgehead atoms. The van der Waals surface area contributed by atoms with Crippen LogP contribution in [0.2, 0.25) is 0 Å². The third kappa shape index (κ3) is 6.31. The highest BCUT2D eigenvalue weighted by atomic mass is 19.1. The average molecular weight is 280 g/mol. The van der Waals surface area contributed by atoms with Crippen LogP contribution in [0.1, 0.15) is 38.2 Å². The van der Waals surface area contributed by atoms with Crippen molar-refractivity contribution in [3.05, 3.63) is 47.8 Å². The molecule has 0 saturated carbocycles. The van der Waals surface area contributed by atoms with Gasteiger partial charge in [0.05, 0.1) is 0 Å². The minimum atomic E-state index is -1.08. The first-order valence-electron chi connectivity index (χ1n) is 7.37. The molecule has 2 N–H and O–H groups in total. The van der Waals surface area contributed by atoms with Gasteiger partial charge in [0, 0.05) is 12.5 Å². The van der Waals surface area contributed by atoms with Crippen molar-refractivity contribution in [2.24, 2.45) is 5.92 Å². The summed E-state index contributed by atoms with van der Waals surface area (Å²) in [5, 5.41) is 19.0. The van der Waals surface area contributed by atoms with Crippen molar-refractivity contribution in [2.75, 3.05) is 6.61 Å². The van der Waals surface area contributed by atoms with Gasteiger partial charge in [0.15, 0.2) is 0 Å². The Morgan fingerprint density at radius 3 is 2.55 bits per heavy atom. The summed E-state index contributed by atoms with van der Waals surface area (Å²) in [5.74, 6) is -0.711. The number of aryl methyl sites for hydroxylation is 1. The summed E-state index contributed by atoms with van der Waals surface area (Å²) in [5.41, 5.74) is 1.09. The van der Waals surface area contributed by atoms with Crippen LogP contribution in [0, 0.1) is 5.92 Å². The normalized spacial score (nSPS) is 15.1. The second-order valence-corrected chi connectivity index (χ2v) is 5.18. The molecule has 0 amide bonds. The van der Waals surface area contributed by atoms with Gasteiger partial charge in [-0.05, 0) is 30.9 Å². The van der Waals surface area contributed by atoms with E-state index in [4.69, 9.17) is 0 Å². The zero-order valence-electron chi connectivity index (χ0n) is 12.1. The second-order valence-electron chi connectivity index (χ2n) is 5.18. The largest absolute Gasteiger partial charge is 0.396 e.